The minimum atomic E-state index is 0.512. The Morgan fingerprint density at radius 2 is 2.20 bits per heavy atom. The van der Waals surface area contributed by atoms with Crippen LogP contribution in [0, 0.1) is 0 Å². The molecule has 0 bridgehead atoms. The molecule has 3 heteroatoms. The van der Waals surface area contributed by atoms with Crippen LogP contribution in [-0.4, -0.2) is 14.1 Å². The van der Waals surface area contributed by atoms with Crippen molar-refractivity contribution in [2.24, 2.45) is 0 Å². The van der Waals surface area contributed by atoms with Crippen LogP contribution in [-0.2, 0) is 0 Å². The van der Waals surface area contributed by atoms with Crippen LogP contribution in [0.15, 0.2) is 22.7 Å². The molecule has 0 heterocycles. The maximum absolute atomic E-state index is 10.3. The van der Waals surface area contributed by atoms with Gasteiger partial charge in [-0.1, -0.05) is 27.5 Å². The molecule has 0 spiro atoms. The number of halogens is 1. The topological polar surface area (TPSA) is 17.1 Å². The van der Waals surface area contributed by atoms with Crippen molar-refractivity contribution < 1.29 is 4.79 Å². The normalized spacial score (nSPS) is 9.30. The fraction of sp³-hybridized carbons (Fsp3) is 0. The summed E-state index contributed by atoms with van der Waals surface area (Å²) in [7, 11) is 5.45. The first-order valence-corrected chi connectivity index (χ1v) is 3.53. The van der Waals surface area contributed by atoms with Crippen LogP contribution in [0.4, 0.5) is 0 Å². The highest BCUT2D eigenvalue weighted by atomic mass is 79.9. The Kier molecular flexibility index (Phi) is 2.27. The molecule has 0 atom stereocenters. The first-order valence-electron chi connectivity index (χ1n) is 2.74. The highest BCUT2D eigenvalue weighted by Gasteiger charge is 1.94. The van der Waals surface area contributed by atoms with Crippen LogP contribution in [0.2, 0.25) is 0 Å². The molecule has 2 radical (unpaired) electrons. The van der Waals surface area contributed by atoms with Crippen molar-refractivity contribution in [3.8, 4) is 0 Å². The van der Waals surface area contributed by atoms with Gasteiger partial charge in [-0.15, -0.1) is 0 Å². The summed E-state index contributed by atoms with van der Waals surface area (Å²) in [5, 5.41) is 0. The Labute approximate surface area is 69.0 Å². The standard InChI is InChI=1S/C7H4BBrO/c8-7-2-1-6(9)3-5(7)4-10/h1-4H. The predicted octanol–water partition coefficient (Wildman–Crippen LogP) is 1.06. The predicted molar refractivity (Wildman–Crippen MR) is 44.9 cm³/mol. The van der Waals surface area contributed by atoms with Crippen LogP contribution in [0.25, 0.3) is 0 Å². The number of carbonyl (C=O) groups is 1. The number of hydrogen-bond acceptors (Lipinski definition) is 1. The third-order valence-electron chi connectivity index (χ3n) is 1.18. The molecule has 48 valence electrons. The van der Waals surface area contributed by atoms with Gasteiger partial charge in [-0.2, -0.15) is 0 Å². The highest BCUT2D eigenvalue weighted by molar-refractivity contribution is 9.10. The van der Waals surface area contributed by atoms with Gasteiger partial charge in [0.25, 0.3) is 0 Å². The van der Waals surface area contributed by atoms with E-state index in [-0.39, 0.29) is 0 Å². The molecule has 0 saturated carbocycles. The minimum Gasteiger partial charge on any atom is -0.298 e. The fourth-order valence-electron chi connectivity index (χ4n) is 0.648. The number of aldehydes is 1. The van der Waals surface area contributed by atoms with E-state index in [0.29, 0.717) is 11.0 Å². The lowest BCUT2D eigenvalue weighted by Gasteiger charge is -1.96. The second-order valence-corrected chi connectivity index (χ2v) is 2.81. The lowest BCUT2D eigenvalue weighted by Crippen LogP contribution is -2.08. The summed E-state index contributed by atoms with van der Waals surface area (Å²) in [4.78, 5) is 10.3. The zero-order valence-electron chi connectivity index (χ0n) is 5.17. The number of benzene rings is 1. The number of rotatable bonds is 1. The smallest absolute Gasteiger partial charge is 0.149 e. The highest BCUT2D eigenvalue weighted by Crippen LogP contribution is 2.07. The summed E-state index contributed by atoms with van der Waals surface area (Å²) in [6.45, 7) is 0. The summed E-state index contributed by atoms with van der Waals surface area (Å²) >= 11 is 3.22. The van der Waals surface area contributed by atoms with Gasteiger partial charge in [0.05, 0.1) is 0 Å². The molecule has 0 aliphatic carbocycles. The summed E-state index contributed by atoms with van der Waals surface area (Å²) in [5.74, 6) is 0. The second kappa shape index (κ2) is 3.02. The van der Waals surface area contributed by atoms with Crippen molar-refractivity contribution in [2.45, 2.75) is 0 Å². The van der Waals surface area contributed by atoms with Gasteiger partial charge < -0.3 is 0 Å². The van der Waals surface area contributed by atoms with Gasteiger partial charge in [-0.25, -0.2) is 0 Å². The Balaban J connectivity index is 3.21. The Morgan fingerprint density at radius 1 is 1.50 bits per heavy atom. The van der Waals surface area contributed by atoms with Crippen LogP contribution >= 0.6 is 15.9 Å². The van der Waals surface area contributed by atoms with E-state index in [1.165, 1.54) is 0 Å². The molecule has 1 aromatic rings. The fourth-order valence-corrected chi connectivity index (χ4v) is 1.03. The molecule has 1 nitrogen and oxygen atoms in total. The minimum absolute atomic E-state index is 0.512. The van der Waals surface area contributed by atoms with E-state index in [0.717, 1.165) is 10.8 Å². The molecular formula is C7H4BBrO. The molecule has 0 fully saturated rings. The molecule has 0 unspecified atom stereocenters. The Hall–Kier alpha value is -0.565. The third-order valence-corrected chi connectivity index (χ3v) is 1.67. The molecule has 10 heavy (non-hydrogen) atoms. The van der Waals surface area contributed by atoms with Gasteiger partial charge in [0.2, 0.25) is 0 Å². The Bertz CT molecular complexity index is 260. The first-order chi connectivity index (χ1) is 4.74. The summed E-state index contributed by atoms with van der Waals surface area (Å²) < 4.78 is 0.865. The molecule has 0 aliphatic heterocycles. The number of carbonyl (C=O) groups excluding carboxylic acids is 1. The molecule has 0 aliphatic rings. The van der Waals surface area contributed by atoms with Gasteiger partial charge >= 0.3 is 0 Å². The number of hydrogen-bond donors (Lipinski definition) is 0. The molecule has 1 rings (SSSR count). The zero-order chi connectivity index (χ0) is 7.56. The van der Waals surface area contributed by atoms with Crippen LogP contribution in [0.5, 0.6) is 0 Å². The lowest BCUT2D eigenvalue weighted by atomic mass is 9.91. The van der Waals surface area contributed by atoms with Crippen molar-refractivity contribution in [1.29, 1.82) is 0 Å². The van der Waals surface area contributed by atoms with Crippen molar-refractivity contribution in [2.75, 3.05) is 0 Å². The monoisotopic (exact) mass is 194 g/mol. The van der Waals surface area contributed by atoms with Crippen molar-refractivity contribution in [3.05, 3.63) is 28.2 Å². The SMILES string of the molecule is [B]c1ccc(Br)cc1C=O. The van der Waals surface area contributed by atoms with Gasteiger partial charge in [0.1, 0.15) is 14.1 Å². The first kappa shape index (κ1) is 7.54. The zero-order valence-corrected chi connectivity index (χ0v) is 6.76. The van der Waals surface area contributed by atoms with Gasteiger partial charge in [-0.3, -0.25) is 4.79 Å². The quantitative estimate of drug-likeness (QED) is 0.483. The second-order valence-electron chi connectivity index (χ2n) is 1.89. The van der Waals surface area contributed by atoms with E-state index in [1.807, 2.05) is 0 Å². The van der Waals surface area contributed by atoms with E-state index in [9.17, 15) is 4.79 Å². The molecule has 0 amide bonds. The van der Waals surface area contributed by atoms with E-state index in [1.54, 1.807) is 18.2 Å². The molecule has 0 N–H and O–H groups in total. The lowest BCUT2D eigenvalue weighted by molar-refractivity contribution is 0.112. The molecule has 0 saturated heterocycles. The van der Waals surface area contributed by atoms with Gasteiger partial charge in [-0.05, 0) is 12.1 Å². The maximum atomic E-state index is 10.3. The van der Waals surface area contributed by atoms with E-state index >= 15 is 0 Å². The van der Waals surface area contributed by atoms with Crippen molar-refractivity contribution >= 4 is 35.5 Å². The average molecular weight is 195 g/mol. The largest absolute Gasteiger partial charge is 0.298 e. The van der Waals surface area contributed by atoms with Crippen LogP contribution in [0.1, 0.15) is 10.4 Å². The Morgan fingerprint density at radius 3 is 2.70 bits per heavy atom. The van der Waals surface area contributed by atoms with Crippen LogP contribution < -0.4 is 5.46 Å². The molecule has 0 aromatic heterocycles. The molecular weight excluding hydrogens is 191 g/mol. The van der Waals surface area contributed by atoms with Gasteiger partial charge in [0.15, 0.2) is 0 Å². The van der Waals surface area contributed by atoms with E-state index in [2.05, 4.69) is 15.9 Å². The van der Waals surface area contributed by atoms with Crippen LogP contribution in [0.3, 0.4) is 0 Å². The summed E-state index contributed by atoms with van der Waals surface area (Å²) in [6, 6.07) is 5.17. The van der Waals surface area contributed by atoms with Crippen molar-refractivity contribution in [3.63, 3.8) is 0 Å². The maximum Gasteiger partial charge on any atom is 0.149 e. The van der Waals surface area contributed by atoms with Crippen molar-refractivity contribution in [1.82, 2.24) is 0 Å². The summed E-state index contributed by atoms with van der Waals surface area (Å²) in [5.41, 5.74) is 1.03. The van der Waals surface area contributed by atoms with E-state index in [4.69, 9.17) is 7.85 Å². The van der Waals surface area contributed by atoms with Gasteiger partial charge in [0, 0.05) is 10.0 Å². The average Bonchev–Trinajstić information content (AvgIpc) is 1.94. The summed E-state index contributed by atoms with van der Waals surface area (Å²) in [6.07, 6.45) is 0.736. The molecule has 1 aromatic carbocycles. The van der Waals surface area contributed by atoms with E-state index < -0.39 is 0 Å². The third kappa shape index (κ3) is 1.48.